The monoisotopic (exact) mass is 330 g/mol. The minimum Gasteiger partial charge on any atom is -0.396 e. The van der Waals surface area contributed by atoms with Gasteiger partial charge in [0.2, 0.25) is 5.91 Å². The van der Waals surface area contributed by atoms with Gasteiger partial charge in [0.1, 0.15) is 6.54 Å². The number of carbonyl (C=O) groups excluding carboxylic acids is 2. The lowest BCUT2D eigenvalue weighted by atomic mass is 9.94. The summed E-state index contributed by atoms with van der Waals surface area (Å²) in [5.74, 6) is 0.366. The van der Waals surface area contributed by atoms with E-state index in [4.69, 9.17) is 5.11 Å². The molecule has 130 valence electrons. The number of aliphatic hydroxyl groups is 1. The number of nitrogens with one attached hydrogen (secondary N) is 1. The first-order valence-electron chi connectivity index (χ1n) is 8.41. The molecule has 0 bridgehead atoms. The molecule has 2 N–H and O–H groups in total. The van der Waals surface area contributed by atoms with E-state index in [9.17, 15) is 9.59 Å². The van der Waals surface area contributed by atoms with Gasteiger partial charge in [-0.05, 0) is 30.7 Å². The molecule has 24 heavy (non-hydrogen) atoms. The van der Waals surface area contributed by atoms with Crippen molar-refractivity contribution in [3.05, 3.63) is 42.0 Å². The minimum absolute atomic E-state index is 0.0279. The lowest BCUT2D eigenvalue weighted by Gasteiger charge is -2.21. The largest absolute Gasteiger partial charge is 0.396 e. The summed E-state index contributed by atoms with van der Waals surface area (Å²) in [6.07, 6.45) is 1.61. The Bertz CT molecular complexity index is 590. The Morgan fingerprint density at radius 1 is 1.29 bits per heavy atom. The molecular weight excluding hydrogens is 304 g/mol. The van der Waals surface area contributed by atoms with E-state index in [1.54, 1.807) is 12.1 Å². The van der Waals surface area contributed by atoms with E-state index < -0.39 is 0 Å². The molecule has 0 radical (unpaired) electrons. The second-order valence-corrected chi connectivity index (χ2v) is 6.70. The van der Waals surface area contributed by atoms with E-state index in [1.165, 1.54) is 4.90 Å². The molecular formula is C19H26N2O3. The van der Waals surface area contributed by atoms with E-state index in [0.29, 0.717) is 30.1 Å². The molecule has 5 nitrogen and oxygen atoms in total. The molecule has 0 saturated heterocycles. The van der Waals surface area contributed by atoms with Gasteiger partial charge in [0.05, 0.1) is 0 Å². The van der Waals surface area contributed by atoms with Gasteiger partial charge in [-0.25, -0.2) is 0 Å². The van der Waals surface area contributed by atoms with Gasteiger partial charge in [-0.3, -0.25) is 14.5 Å². The highest BCUT2D eigenvalue weighted by Gasteiger charge is 2.31. The number of hydrogen-bond acceptors (Lipinski definition) is 3. The summed E-state index contributed by atoms with van der Waals surface area (Å²) in [4.78, 5) is 26.0. The zero-order valence-corrected chi connectivity index (χ0v) is 14.4. The van der Waals surface area contributed by atoms with Crippen LogP contribution in [0.15, 0.2) is 30.8 Å². The van der Waals surface area contributed by atoms with Gasteiger partial charge in [0.15, 0.2) is 0 Å². The van der Waals surface area contributed by atoms with Crippen molar-refractivity contribution in [1.29, 1.82) is 0 Å². The maximum atomic E-state index is 12.4. The Labute approximate surface area is 143 Å². The van der Waals surface area contributed by atoms with Crippen LogP contribution >= 0.6 is 0 Å². The molecule has 0 spiro atoms. The third kappa shape index (κ3) is 4.23. The van der Waals surface area contributed by atoms with Crippen LogP contribution in [0.5, 0.6) is 0 Å². The summed E-state index contributed by atoms with van der Waals surface area (Å²) >= 11 is 0. The van der Waals surface area contributed by atoms with Crippen molar-refractivity contribution in [2.45, 2.75) is 26.7 Å². The second-order valence-electron chi connectivity index (χ2n) is 6.70. The molecule has 1 atom stereocenters. The van der Waals surface area contributed by atoms with Gasteiger partial charge in [-0.2, -0.15) is 0 Å². The molecule has 1 aromatic rings. The molecule has 5 heteroatoms. The third-order valence-electron chi connectivity index (χ3n) is 4.27. The van der Waals surface area contributed by atoms with Crippen molar-refractivity contribution in [1.82, 2.24) is 10.2 Å². The van der Waals surface area contributed by atoms with E-state index in [-0.39, 0.29) is 30.9 Å². The molecule has 0 fully saturated rings. The van der Waals surface area contributed by atoms with Gasteiger partial charge in [0.25, 0.3) is 5.91 Å². The maximum absolute atomic E-state index is 12.4. The van der Waals surface area contributed by atoms with E-state index in [0.717, 1.165) is 12.0 Å². The predicted molar refractivity (Wildman–Crippen MR) is 94.2 cm³/mol. The average Bonchev–Trinajstić information content (AvgIpc) is 2.78. The summed E-state index contributed by atoms with van der Waals surface area (Å²) in [7, 11) is 0. The van der Waals surface area contributed by atoms with Crippen LogP contribution in [0.1, 0.15) is 42.6 Å². The quantitative estimate of drug-likeness (QED) is 0.768. The maximum Gasteiger partial charge on any atom is 0.259 e. The Morgan fingerprint density at radius 2 is 1.96 bits per heavy atom. The second kappa shape index (κ2) is 8.11. The minimum atomic E-state index is -0.205. The summed E-state index contributed by atoms with van der Waals surface area (Å²) in [6, 6.07) is 7.25. The topological polar surface area (TPSA) is 69.6 Å². The SMILES string of the molecule is C=C1c2ccccc2C(=O)N1CC(=O)NCC(CCO)CC(C)C. The lowest BCUT2D eigenvalue weighted by Crippen LogP contribution is -2.39. The van der Waals surface area contributed by atoms with Gasteiger partial charge >= 0.3 is 0 Å². The van der Waals surface area contributed by atoms with Crippen LogP contribution in [0.25, 0.3) is 5.70 Å². The van der Waals surface area contributed by atoms with Gasteiger partial charge in [-0.1, -0.05) is 38.6 Å². The van der Waals surface area contributed by atoms with Crippen molar-refractivity contribution in [3.63, 3.8) is 0 Å². The molecule has 1 unspecified atom stereocenters. The third-order valence-corrected chi connectivity index (χ3v) is 4.27. The fourth-order valence-electron chi connectivity index (χ4n) is 3.11. The first-order chi connectivity index (χ1) is 11.4. The van der Waals surface area contributed by atoms with Crippen molar-refractivity contribution >= 4 is 17.5 Å². The molecule has 1 aromatic carbocycles. The number of amides is 2. The fourth-order valence-corrected chi connectivity index (χ4v) is 3.11. The molecule has 1 aliphatic heterocycles. The predicted octanol–water partition coefficient (Wildman–Crippen LogP) is 2.27. The lowest BCUT2D eigenvalue weighted by molar-refractivity contribution is -0.121. The highest BCUT2D eigenvalue weighted by molar-refractivity contribution is 6.10. The van der Waals surface area contributed by atoms with Gasteiger partial charge in [0, 0.05) is 30.0 Å². The summed E-state index contributed by atoms with van der Waals surface area (Å²) in [6.45, 7) is 8.78. The van der Waals surface area contributed by atoms with Gasteiger partial charge in [-0.15, -0.1) is 0 Å². The van der Waals surface area contributed by atoms with Crippen LogP contribution in [0.4, 0.5) is 0 Å². The number of benzene rings is 1. The number of aliphatic hydroxyl groups excluding tert-OH is 1. The fraction of sp³-hybridized carbons (Fsp3) is 0.474. The van der Waals surface area contributed by atoms with E-state index in [1.807, 2.05) is 12.1 Å². The van der Waals surface area contributed by atoms with Crippen molar-refractivity contribution < 1.29 is 14.7 Å². The molecule has 2 rings (SSSR count). The highest BCUT2D eigenvalue weighted by atomic mass is 16.3. The van der Waals surface area contributed by atoms with E-state index >= 15 is 0 Å². The Morgan fingerprint density at radius 3 is 2.54 bits per heavy atom. The number of nitrogens with zero attached hydrogens (tertiary/aromatic N) is 1. The molecule has 0 aliphatic carbocycles. The Kier molecular flexibility index (Phi) is 6.15. The number of carbonyl (C=O) groups is 2. The smallest absolute Gasteiger partial charge is 0.259 e. The first-order valence-corrected chi connectivity index (χ1v) is 8.41. The van der Waals surface area contributed by atoms with Crippen molar-refractivity contribution in [2.24, 2.45) is 11.8 Å². The number of rotatable bonds is 8. The van der Waals surface area contributed by atoms with Crippen LogP contribution in [0, 0.1) is 11.8 Å². The zero-order valence-electron chi connectivity index (χ0n) is 14.4. The zero-order chi connectivity index (χ0) is 17.7. The Hall–Kier alpha value is -2.14. The first kappa shape index (κ1) is 18.2. The molecule has 0 saturated carbocycles. The molecule has 1 heterocycles. The van der Waals surface area contributed by atoms with Crippen LogP contribution in [-0.2, 0) is 4.79 Å². The standard InChI is InChI=1S/C19H26N2O3/c1-13(2)10-15(8-9-22)11-20-18(23)12-21-14(3)16-6-4-5-7-17(16)19(21)24/h4-7,13,15,22H,3,8-12H2,1-2H3,(H,20,23). The number of hydrogen-bond donors (Lipinski definition) is 2. The summed E-state index contributed by atoms with van der Waals surface area (Å²) in [5.41, 5.74) is 1.95. The van der Waals surface area contributed by atoms with Gasteiger partial charge < -0.3 is 10.4 Å². The normalized spacial score (nSPS) is 14.9. The molecule has 1 aliphatic rings. The highest BCUT2D eigenvalue weighted by Crippen LogP contribution is 2.30. The van der Waals surface area contributed by atoms with Crippen molar-refractivity contribution in [3.8, 4) is 0 Å². The van der Waals surface area contributed by atoms with Crippen LogP contribution in [0.2, 0.25) is 0 Å². The summed E-state index contributed by atoms with van der Waals surface area (Å²) in [5, 5.41) is 12.0. The number of fused-ring (bicyclic) bond motifs is 1. The van der Waals surface area contributed by atoms with Crippen LogP contribution in [-0.4, -0.2) is 41.5 Å². The average molecular weight is 330 g/mol. The van der Waals surface area contributed by atoms with Crippen LogP contribution in [0.3, 0.4) is 0 Å². The van der Waals surface area contributed by atoms with Crippen LogP contribution < -0.4 is 5.32 Å². The summed E-state index contributed by atoms with van der Waals surface area (Å²) < 4.78 is 0. The van der Waals surface area contributed by atoms with E-state index in [2.05, 4.69) is 25.7 Å². The molecule has 0 aromatic heterocycles. The van der Waals surface area contributed by atoms with Crippen molar-refractivity contribution in [2.75, 3.05) is 19.7 Å². The molecule has 2 amide bonds. The Balaban J connectivity index is 1.91.